The van der Waals surface area contributed by atoms with Gasteiger partial charge in [0, 0.05) is 4.47 Å². The van der Waals surface area contributed by atoms with E-state index in [1.165, 1.54) is 0 Å². The second kappa shape index (κ2) is 4.49. The number of benzene rings is 2. The Bertz CT molecular complexity index is 561. The Morgan fingerprint density at radius 3 is 2.47 bits per heavy atom. The number of carbonyl (C=O) groups excluding carboxylic acids is 1. The quantitative estimate of drug-likeness (QED) is 0.801. The van der Waals surface area contributed by atoms with E-state index in [2.05, 4.69) is 15.9 Å². The molecule has 0 N–H and O–H groups in total. The largest absolute Gasteiger partial charge is 0.480 e. The molecule has 0 bridgehead atoms. The Balaban J connectivity index is 2.38. The Morgan fingerprint density at radius 2 is 1.76 bits per heavy atom. The minimum Gasteiger partial charge on any atom is -0.480 e. The van der Waals surface area contributed by atoms with E-state index in [1.54, 1.807) is 13.8 Å². The molecule has 17 heavy (non-hydrogen) atoms. The first-order valence-corrected chi connectivity index (χ1v) is 6.14. The number of rotatable bonds is 3. The zero-order valence-electron chi connectivity index (χ0n) is 9.74. The molecule has 0 amide bonds. The van der Waals surface area contributed by atoms with Crippen LogP contribution in [0.15, 0.2) is 40.9 Å². The van der Waals surface area contributed by atoms with Crippen molar-refractivity contribution in [2.75, 3.05) is 0 Å². The summed E-state index contributed by atoms with van der Waals surface area (Å²) in [6.07, 6.45) is 0.804. The lowest BCUT2D eigenvalue weighted by Crippen LogP contribution is -2.29. The van der Waals surface area contributed by atoms with E-state index in [1.807, 2.05) is 36.4 Å². The second-order valence-corrected chi connectivity index (χ2v) is 5.39. The molecule has 88 valence electrons. The number of aldehydes is 1. The molecule has 2 nitrogen and oxygen atoms in total. The number of hydrogen-bond donors (Lipinski definition) is 0. The van der Waals surface area contributed by atoms with E-state index in [-0.39, 0.29) is 0 Å². The highest BCUT2D eigenvalue weighted by Crippen LogP contribution is 2.25. The fourth-order valence-electron chi connectivity index (χ4n) is 1.59. The van der Waals surface area contributed by atoms with Crippen LogP contribution in [0.3, 0.4) is 0 Å². The van der Waals surface area contributed by atoms with Crippen molar-refractivity contribution in [3.8, 4) is 5.75 Å². The van der Waals surface area contributed by atoms with Crippen LogP contribution in [-0.2, 0) is 4.79 Å². The van der Waals surface area contributed by atoms with Crippen molar-refractivity contribution in [1.82, 2.24) is 0 Å². The van der Waals surface area contributed by atoms with Gasteiger partial charge in [-0.25, -0.2) is 0 Å². The summed E-state index contributed by atoms with van der Waals surface area (Å²) in [7, 11) is 0. The Labute approximate surface area is 109 Å². The van der Waals surface area contributed by atoms with Crippen molar-refractivity contribution in [3.05, 3.63) is 40.9 Å². The Kier molecular flexibility index (Phi) is 3.20. The lowest BCUT2D eigenvalue weighted by molar-refractivity contribution is -0.118. The maximum Gasteiger partial charge on any atom is 0.162 e. The van der Waals surface area contributed by atoms with E-state index in [0.29, 0.717) is 5.75 Å². The molecule has 0 aliphatic carbocycles. The van der Waals surface area contributed by atoms with Crippen LogP contribution in [-0.4, -0.2) is 11.9 Å². The van der Waals surface area contributed by atoms with Crippen LogP contribution in [0.2, 0.25) is 0 Å². The zero-order valence-corrected chi connectivity index (χ0v) is 11.3. The van der Waals surface area contributed by atoms with Crippen LogP contribution in [0, 0.1) is 0 Å². The highest BCUT2D eigenvalue weighted by atomic mass is 79.9. The lowest BCUT2D eigenvalue weighted by Gasteiger charge is -2.19. The second-order valence-electron chi connectivity index (χ2n) is 4.48. The van der Waals surface area contributed by atoms with Gasteiger partial charge in [0.05, 0.1) is 0 Å². The molecule has 2 rings (SSSR count). The topological polar surface area (TPSA) is 26.3 Å². The summed E-state index contributed by atoms with van der Waals surface area (Å²) in [6.45, 7) is 3.48. The molecule has 0 aliphatic rings. The summed E-state index contributed by atoms with van der Waals surface area (Å²) in [5.41, 5.74) is -0.789. The van der Waals surface area contributed by atoms with Gasteiger partial charge in [0.2, 0.25) is 0 Å². The summed E-state index contributed by atoms with van der Waals surface area (Å²) in [5.74, 6) is 0.705. The molecular formula is C14H13BrO2. The molecule has 0 aromatic heterocycles. The molecule has 2 aromatic carbocycles. The van der Waals surface area contributed by atoms with E-state index >= 15 is 0 Å². The average Bonchev–Trinajstić information content (AvgIpc) is 2.29. The van der Waals surface area contributed by atoms with Gasteiger partial charge >= 0.3 is 0 Å². The average molecular weight is 293 g/mol. The van der Waals surface area contributed by atoms with Gasteiger partial charge < -0.3 is 4.74 Å². The third-order valence-electron chi connectivity index (χ3n) is 2.44. The minimum absolute atomic E-state index is 0.705. The monoisotopic (exact) mass is 292 g/mol. The van der Waals surface area contributed by atoms with Crippen LogP contribution in [0.5, 0.6) is 5.75 Å². The van der Waals surface area contributed by atoms with Crippen LogP contribution >= 0.6 is 15.9 Å². The lowest BCUT2D eigenvalue weighted by atomic mass is 10.1. The van der Waals surface area contributed by atoms with Gasteiger partial charge in [-0.3, -0.25) is 4.79 Å². The molecule has 0 unspecified atom stereocenters. The van der Waals surface area contributed by atoms with Gasteiger partial charge in [0.25, 0.3) is 0 Å². The van der Waals surface area contributed by atoms with E-state index in [9.17, 15) is 4.79 Å². The third kappa shape index (κ3) is 2.86. The number of carbonyl (C=O) groups is 1. The van der Waals surface area contributed by atoms with Gasteiger partial charge in [-0.1, -0.05) is 28.1 Å². The molecule has 0 fully saturated rings. The highest BCUT2D eigenvalue weighted by Gasteiger charge is 2.18. The molecule has 2 aromatic rings. The van der Waals surface area contributed by atoms with Gasteiger partial charge in [0.15, 0.2) is 11.9 Å². The molecule has 3 heteroatoms. The van der Waals surface area contributed by atoms with Crippen molar-refractivity contribution in [3.63, 3.8) is 0 Å². The number of fused-ring (bicyclic) bond motifs is 1. The van der Waals surface area contributed by atoms with Crippen molar-refractivity contribution in [2.24, 2.45) is 0 Å². The zero-order chi connectivity index (χ0) is 12.5. The highest BCUT2D eigenvalue weighted by molar-refractivity contribution is 9.10. The van der Waals surface area contributed by atoms with Crippen LogP contribution in [0.25, 0.3) is 10.8 Å². The van der Waals surface area contributed by atoms with Crippen LogP contribution in [0.4, 0.5) is 0 Å². The van der Waals surface area contributed by atoms with Crippen LogP contribution in [0.1, 0.15) is 13.8 Å². The van der Waals surface area contributed by atoms with Crippen molar-refractivity contribution >= 4 is 33.0 Å². The van der Waals surface area contributed by atoms with Gasteiger partial charge in [0.1, 0.15) is 5.75 Å². The standard InChI is InChI=1S/C14H13BrO2/c1-14(2,9-16)17-13-6-4-10-7-12(15)5-3-11(10)8-13/h3-9H,1-2H3. The fraction of sp³-hybridized carbons (Fsp3) is 0.214. The predicted molar refractivity (Wildman–Crippen MR) is 72.4 cm³/mol. The molecule has 0 heterocycles. The van der Waals surface area contributed by atoms with Crippen molar-refractivity contribution in [1.29, 1.82) is 0 Å². The molecule has 0 spiro atoms. The van der Waals surface area contributed by atoms with Gasteiger partial charge in [-0.15, -0.1) is 0 Å². The maximum absolute atomic E-state index is 10.8. The van der Waals surface area contributed by atoms with Crippen molar-refractivity contribution < 1.29 is 9.53 Å². The first kappa shape index (κ1) is 12.1. The minimum atomic E-state index is -0.789. The smallest absolute Gasteiger partial charge is 0.162 e. The predicted octanol–water partition coefficient (Wildman–Crippen LogP) is 3.96. The van der Waals surface area contributed by atoms with E-state index < -0.39 is 5.60 Å². The van der Waals surface area contributed by atoms with Crippen molar-refractivity contribution in [2.45, 2.75) is 19.4 Å². The molecule has 0 saturated heterocycles. The fourth-order valence-corrected chi connectivity index (χ4v) is 1.96. The summed E-state index contributed by atoms with van der Waals surface area (Å²) in [4.78, 5) is 10.8. The molecular weight excluding hydrogens is 280 g/mol. The molecule has 0 atom stereocenters. The number of ether oxygens (including phenoxy) is 1. The summed E-state index contributed by atoms with van der Waals surface area (Å²) in [6, 6.07) is 11.8. The van der Waals surface area contributed by atoms with Gasteiger partial charge in [-0.05, 0) is 48.9 Å². The molecule has 0 saturated carbocycles. The summed E-state index contributed by atoms with van der Waals surface area (Å²) in [5, 5.41) is 2.23. The first-order valence-electron chi connectivity index (χ1n) is 5.35. The number of halogens is 1. The maximum atomic E-state index is 10.8. The summed E-state index contributed by atoms with van der Waals surface area (Å²) >= 11 is 3.43. The molecule has 0 radical (unpaired) electrons. The van der Waals surface area contributed by atoms with Crippen LogP contribution < -0.4 is 4.74 Å². The third-order valence-corrected chi connectivity index (χ3v) is 2.93. The normalized spacial score (nSPS) is 11.5. The summed E-state index contributed by atoms with van der Waals surface area (Å²) < 4.78 is 6.66. The first-order chi connectivity index (χ1) is 8.00. The SMILES string of the molecule is CC(C)(C=O)Oc1ccc2cc(Br)ccc2c1. The van der Waals surface area contributed by atoms with E-state index in [4.69, 9.17) is 4.74 Å². The molecule has 0 aliphatic heterocycles. The van der Waals surface area contributed by atoms with E-state index in [0.717, 1.165) is 21.5 Å². The Morgan fingerprint density at radius 1 is 1.12 bits per heavy atom. The van der Waals surface area contributed by atoms with Gasteiger partial charge in [-0.2, -0.15) is 0 Å². The Hall–Kier alpha value is -1.35. The number of hydrogen-bond acceptors (Lipinski definition) is 2.